The van der Waals surface area contributed by atoms with Gasteiger partial charge in [0.15, 0.2) is 5.41 Å². The minimum Gasteiger partial charge on any atom is -0.334 e. The number of nitriles is 3. The van der Waals surface area contributed by atoms with Gasteiger partial charge in [-0.25, -0.2) is 0 Å². The van der Waals surface area contributed by atoms with Gasteiger partial charge in [-0.15, -0.1) is 0 Å². The van der Waals surface area contributed by atoms with Crippen molar-refractivity contribution in [3.8, 4) is 18.2 Å². The van der Waals surface area contributed by atoms with E-state index in [0.29, 0.717) is 0 Å². The zero-order valence-corrected chi connectivity index (χ0v) is 13.3. The highest BCUT2D eigenvalue weighted by Gasteiger charge is 2.58. The molecule has 0 aromatic carbocycles. The Balaban J connectivity index is 2.26. The van der Waals surface area contributed by atoms with Crippen LogP contribution in [0.5, 0.6) is 0 Å². The third-order valence-electron chi connectivity index (χ3n) is 5.12. The summed E-state index contributed by atoms with van der Waals surface area (Å²) in [6.07, 6.45) is 5.31. The second-order valence-electron chi connectivity index (χ2n) is 6.45. The van der Waals surface area contributed by atoms with E-state index < -0.39 is 17.3 Å². The number of pyridine rings is 1. The number of rotatable bonds is 1. The van der Waals surface area contributed by atoms with Crippen molar-refractivity contribution in [3.05, 3.63) is 41.7 Å². The standard InChI is InChI=1S/C18H16N6/c1-24-6-4-13-14(7-19)17(22)18(10-20,11-21)16(15(13)9-24)12-3-2-5-23-8-12/h2-5,8,14-16,22H,6,9H2,1H3/p+1/t14?,15-,16-/m1/s1. The molecule has 1 saturated carbocycles. The maximum Gasteiger partial charge on any atom is 0.190 e. The molecule has 0 amide bonds. The largest absolute Gasteiger partial charge is 0.334 e. The topological polar surface area (TPSA) is 113 Å². The molecule has 2 aliphatic rings. The second-order valence-corrected chi connectivity index (χ2v) is 6.45. The van der Waals surface area contributed by atoms with Crippen LogP contribution in [0.1, 0.15) is 11.5 Å². The Morgan fingerprint density at radius 2 is 2.08 bits per heavy atom. The summed E-state index contributed by atoms with van der Waals surface area (Å²) in [5.74, 6) is -1.41. The fourth-order valence-corrected chi connectivity index (χ4v) is 3.99. The van der Waals surface area contributed by atoms with Crippen molar-refractivity contribution in [3.63, 3.8) is 0 Å². The molecule has 2 heterocycles. The van der Waals surface area contributed by atoms with Gasteiger partial charge in [-0.3, -0.25) is 4.98 Å². The van der Waals surface area contributed by atoms with E-state index in [1.807, 2.05) is 12.1 Å². The van der Waals surface area contributed by atoms with E-state index in [2.05, 4.69) is 30.2 Å². The highest BCUT2D eigenvalue weighted by Crippen LogP contribution is 2.52. The monoisotopic (exact) mass is 317 g/mol. The number of nitrogens with zero attached hydrogens (tertiary/aromatic N) is 4. The van der Waals surface area contributed by atoms with E-state index in [9.17, 15) is 15.8 Å². The summed E-state index contributed by atoms with van der Waals surface area (Å²) in [7, 11) is 2.05. The molecule has 1 aliphatic heterocycles. The van der Waals surface area contributed by atoms with Crippen molar-refractivity contribution in [1.82, 2.24) is 4.98 Å². The van der Waals surface area contributed by atoms with E-state index in [1.54, 1.807) is 18.5 Å². The normalized spacial score (nSPS) is 30.9. The Labute approximate surface area is 140 Å². The number of hydrogen-bond donors (Lipinski definition) is 2. The van der Waals surface area contributed by atoms with E-state index in [4.69, 9.17) is 5.41 Å². The Hall–Kier alpha value is -3.01. The highest BCUT2D eigenvalue weighted by atomic mass is 15.1. The first-order valence-electron chi connectivity index (χ1n) is 7.81. The number of hydrogen-bond acceptors (Lipinski definition) is 5. The minimum absolute atomic E-state index is 0.106. The molecule has 0 bridgehead atoms. The number of quaternary nitrogens is 1. The van der Waals surface area contributed by atoms with E-state index >= 15 is 0 Å². The molecule has 2 N–H and O–H groups in total. The van der Waals surface area contributed by atoms with Gasteiger partial charge in [-0.2, -0.15) is 15.8 Å². The molecular formula is C18H17N6+. The van der Waals surface area contributed by atoms with Crippen LogP contribution in [-0.2, 0) is 0 Å². The van der Waals surface area contributed by atoms with Crippen molar-refractivity contribution >= 4 is 5.71 Å². The third kappa shape index (κ3) is 2.11. The average Bonchev–Trinajstić information content (AvgIpc) is 2.62. The van der Waals surface area contributed by atoms with Crippen molar-refractivity contribution in [2.45, 2.75) is 5.92 Å². The number of aromatic nitrogens is 1. The molecule has 3 rings (SSSR count). The quantitative estimate of drug-likeness (QED) is 0.732. The molecule has 0 spiro atoms. The van der Waals surface area contributed by atoms with E-state index in [0.717, 1.165) is 24.2 Å². The lowest BCUT2D eigenvalue weighted by Crippen LogP contribution is -3.10. The van der Waals surface area contributed by atoms with Gasteiger partial charge in [0.25, 0.3) is 0 Å². The fourth-order valence-electron chi connectivity index (χ4n) is 3.99. The summed E-state index contributed by atoms with van der Waals surface area (Å²) in [4.78, 5) is 5.39. The summed E-state index contributed by atoms with van der Waals surface area (Å²) in [5.41, 5.74) is -0.0930. The van der Waals surface area contributed by atoms with Crippen LogP contribution in [0.15, 0.2) is 36.2 Å². The molecule has 1 fully saturated rings. The molecule has 4 atom stereocenters. The molecule has 24 heavy (non-hydrogen) atoms. The summed E-state index contributed by atoms with van der Waals surface area (Å²) >= 11 is 0. The average molecular weight is 317 g/mol. The summed E-state index contributed by atoms with van der Waals surface area (Å²) in [6, 6.07) is 9.92. The van der Waals surface area contributed by atoms with Crippen LogP contribution < -0.4 is 4.90 Å². The van der Waals surface area contributed by atoms with Crippen LogP contribution >= 0.6 is 0 Å². The number of fused-ring (bicyclic) bond motifs is 1. The molecule has 1 aliphatic carbocycles. The van der Waals surface area contributed by atoms with Gasteiger partial charge < -0.3 is 10.3 Å². The van der Waals surface area contributed by atoms with Crippen LogP contribution in [0.25, 0.3) is 0 Å². The SMILES string of the molecule is C[NH+]1CC=C2C(C#N)C(=N)C(C#N)(C#N)[C@H](c3cccnc3)[C@@H]2C1. The molecule has 1 aromatic rings. The first-order chi connectivity index (χ1) is 11.6. The molecule has 118 valence electrons. The minimum atomic E-state index is -1.64. The van der Waals surface area contributed by atoms with Crippen molar-refractivity contribution in [2.24, 2.45) is 17.3 Å². The predicted octanol–water partition coefficient (Wildman–Crippen LogP) is 0.443. The van der Waals surface area contributed by atoms with E-state index in [1.165, 1.54) is 4.90 Å². The Morgan fingerprint density at radius 3 is 2.67 bits per heavy atom. The number of likely N-dealkylation sites (N-methyl/N-ethyl adjacent to an activating group) is 1. The van der Waals surface area contributed by atoms with Gasteiger partial charge in [0.2, 0.25) is 0 Å². The maximum absolute atomic E-state index is 9.84. The summed E-state index contributed by atoms with van der Waals surface area (Å²) < 4.78 is 0. The van der Waals surface area contributed by atoms with Crippen molar-refractivity contribution < 1.29 is 4.90 Å². The van der Waals surface area contributed by atoms with Crippen molar-refractivity contribution in [2.75, 3.05) is 20.1 Å². The zero-order valence-electron chi connectivity index (χ0n) is 13.3. The zero-order chi connectivity index (χ0) is 17.3. The first-order valence-corrected chi connectivity index (χ1v) is 7.81. The molecule has 6 nitrogen and oxygen atoms in total. The Bertz CT molecular complexity index is 806. The van der Waals surface area contributed by atoms with Gasteiger partial charge in [0, 0.05) is 24.2 Å². The maximum atomic E-state index is 9.84. The predicted molar refractivity (Wildman–Crippen MR) is 85.7 cm³/mol. The van der Waals surface area contributed by atoms with Crippen LogP contribution in [0.2, 0.25) is 0 Å². The molecule has 2 unspecified atom stereocenters. The molecular weight excluding hydrogens is 300 g/mol. The van der Waals surface area contributed by atoms with Gasteiger partial charge in [-0.1, -0.05) is 6.07 Å². The molecule has 0 saturated heterocycles. The number of nitrogens with one attached hydrogen (secondary N) is 2. The third-order valence-corrected chi connectivity index (χ3v) is 5.12. The van der Waals surface area contributed by atoms with Gasteiger partial charge in [0.05, 0.1) is 44.1 Å². The Morgan fingerprint density at radius 1 is 1.33 bits per heavy atom. The lowest BCUT2D eigenvalue weighted by molar-refractivity contribution is -0.878. The molecule has 1 aromatic heterocycles. The van der Waals surface area contributed by atoms with Crippen LogP contribution in [-0.4, -0.2) is 30.8 Å². The van der Waals surface area contributed by atoms with Crippen LogP contribution in [0.3, 0.4) is 0 Å². The summed E-state index contributed by atoms with van der Waals surface area (Å²) in [5, 5.41) is 37.7. The lowest BCUT2D eigenvalue weighted by atomic mass is 9.54. The fraction of sp³-hybridized carbons (Fsp3) is 0.389. The smallest absolute Gasteiger partial charge is 0.190 e. The van der Waals surface area contributed by atoms with Gasteiger partial charge >= 0.3 is 0 Å². The van der Waals surface area contributed by atoms with Crippen LogP contribution in [0.4, 0.5) is 0 Å². The highest BCUT2D eigenvalue weighted by molar-refractivity contribution is 6.00. The van der Waals surface area contributed by atoms with Gasteiger partial charge in [0.1, 0.15) is 5.92 Å². The summed E-state index contributed by atoms with van der Waals surface area (Å²) in [6.45, 7) is 1.51. The second kappa shape index (κ2) is 5.89. The first kappa shape index (κ1) is 15.9. The van der Waals surface area contributed by atoms with Gasteiger partial charge in [-0.05, 0) is 23.3 Å². The van der Waals surface area contributed by atoms with Crippen molar-refractivity contribution in [1.29, 1.82) is 21.2 Å². The molecule has 0 radical (unpaired) electrons. The van der Waals surface area contributed by atoms with E-state index in [-0.39, 0.29) is 11.6 Å². The molecule has 6 heteroatoms. The van der Waals surface area contributed by atoms with Crippen LogP contribution in [0, 0.1) is 56.7 Å². The lowest BCUT2D eigenvalue weighted by Gasteiger charge is -2.45. The Kier molecular flexibility index (Phi) is 3.89.